The van der Waals surface area contributed by atoms with Crippen molar-refractivity contribution in [2.75, 3.05) is 44.3 Å². The summed E-state index contributed by atoms with van der Waals surface area (Å²) in [4.78, 5) is 13.7. The lowest BCUT2D eigenvalue weighted by Crippen LogP contribution is -2.44. The summed E-state index contributed by atoms with van der Waals surface area (Å²) in [6, 6.07) is 8.49. The van der Waals surface area contributed by atoms with Crippen molar-refractivity contribution in [2.24, 2.45) is 11.3 Å². The Bertz CT molecular complexity index is 821. The Morgan fingerprint density at radius 1 is 1.18 bits per heavy atom. The van der Waals surface area contributed by atoms with Crippen LogP contribution in [0.2, 0.25) is 0 Å². The number of ether oxygens (including phenoxy) is 1. The van der Waals surface area contributed by atoms with Crippen LogP contribution >= 0.6 is 0 Å². The lowest BCUT2D eigenvalue weighted by molar-refractivity contribution is 0.0506. The molecule has 2 fully saturated rings. The maximum Gasteiger partial charge on any atom is 0.225 e. The van der Waals surface area contributed by atoms with Crippen molar-refractivity contribution in [1.29, 1.82) is 0 Å². The highest BCUT2D eigenvalue weighted by Crippen LogP contribution is 2.45. The molecule has 0 bridgehead atoms. The first-order valence-electron chi connectivity index (χ1n) is 10.4. The van der Waals surface area contributed by atoms with Gasteiger partial charge >= 0.3 is 0 Å². The van der Waals surface area contributed by atoms with Gasteiger partial charge in [0.15, 0.2) is 0 Å². The van der Waals surface area contributed by atoms with Crippen LogP contribution in [0.1, 0.15) is 24.0 Å². The topological polar surface area (TPSA) is 61.7 Å². The van der Waals surface area contributed by atoms with Gasteiger partial charge in [0.25, 0.3) is 0 Å². The Balaban J connectivity index is 1.24. The van der Waals surface area contributed by atoms with Gasteiger partial charge in [-0.15, -0.1) is 0 Å². The van der Waals surface area contributed by atoms with E-state index < -0.39 is 0 Å². The van der Waals surface area contributed by atoms with Crippen LogP contribution in [-0.4, -0.2) is 59.4 Å². The largest absolute Gasteiger partial charge is 0.493 e. The van der Waals surface area contributed by atoms with Crippen molar-refractivity contribution in [1.82, 2.24) is 14.9 Å². The van der Waals surface area contributed by atoms with Gasteiger partial charge in [-0.3, -0.25) is 4.90 Å². The molecule has 3 aliphatic rings. The first-order chi connectivity index (χ1) is 13.8. The van der Waals surface area contributed by atoms with E-state index in [2.05, 4.69) is 38.0 Å². The summed E-state index contributed by atoms with van der Waals surface area (Å²) >= 11 is 0. The van der Waals surface area contributed by atoms with E-state index in [1.54, 1.807) is 12.4 Å². The SMILES string of the molecule is OCC1CN(c2ncccn2)CC12CCN(Cc1ccc3c(c1)CCO3)CC2. The second kappa shape index (κ2) is 7.33. The van der Waals surface area contributed by atoms with Crippen LogP contribution in [0.3, 0.4) is 0 Å². The Kier molecular flexibility index (Phi) is 4.69. The number of hydrogen-bond donors (Lipinski definition) is 1. The molecule has 1 aromatic heterocycles. The van der Waals surface area contributed by atoms with Crippen LogP contribution in [0.15, 0.2) is 36.7 Å². The molecule has 6 nitrogen and oxygen atoms in total. The fourth-order valence-electron chi connectivity index (χ4n) is 5.21. The van der Waals surface area contributed by atoms with E-state index in [1.165, 1.54) is 11.1 Å². The summed E-state index contributed by atoms with van der Waals surface area (Å²) in [7, 11) is 0. The van der Waals surface area contributed by atoms with Gasteiger partial charge in [-0.05, 0) is 54.6 Å². The van der Waals surface area contributed by atoms with Crippen molar-refractivity contribution in [3.8, 4) is 5.75 Å². The first-order valence-corrected chi connectivity index (χ1v) is 10.4. The zero-order valence-electron chi connectivity index (χ0n) is 16.3. The van der Waals surface area contributed by atoms with E-state index in [0.717, 1.165) is 70.3 Å². The molecule has 3 aliphatic heterocycles. The molecule has 6 heteroatoms. The number of likely N-dealkylation sites (tertiary alicyclic amines) is 1. The molecule has 2 saturated heterocycles. The number of hydrogen-bond acceptors (Lipinski definition) is 6. The lowest BCUT2D eigenvalue weighted by Gasteiger charge is -2.42. The molecule has 0 aliphatic carbocycles. The van der Waals surface area contributed by atoms with Crippen LogP contribution in [0.5, 0.6) is 5.75 Å². The number of aromatic nitrogens is 2. The predicted octanol–water partition coefficient (Wildman–Crippen LogP) is 2.12. The van der Waals surface area contributed by atoms with Gasteiger partial charge in [0.2, 0.25) is 5.95 Å². The third-order valence-electron chi connectivity index (χ3n) is 6.88. The molecule has 1 aromatic carbocycles. The molecule has 0 radical (unpaired) electrons. The third kappa shape index (κ3) is 3.25. The number of aliphatic hydroxyl groups is 1. The molecule has 2 aromatic rings. The smallest absolute Gasteiger partial charge is 0.225 e. The van der Waals surface area contributed by atoms with E-state index >= 15 is 0 Å². The molecule has 4 heterocycles. The highest BCUT2D eigenvalue weighted by Gasteiger charge is 2.48. The van der Waals surface area contributed by atoms with Crippen LogP contribution in [-0.2, 0) is 13.0 Å². The highest BCUT2D eigenvalue weighted by molar-refractivity contribution is 5.40. The number of anilines is 1. The van der Waals surface area contributed by atoms with Crippen LogP contribution < -0.4 is 9.64 Å². The molecule has 28 heavy (non-hydrogen) atoms. The van der Waals surface area contributed by atoms with Crippen molar-refractivity contribution in [3.63, 3.8) is 0 Å². The zero-order valence-corrected chi connectivity index (χ0v) is 16.3. The lowest BCUT2D eigenvalue weighted by atomic mass is 9.71. The molecular weight excluding hydrogens is 352 g/mol. The minimum Gasteiger partial charge on any atom is -0.493 e. The number of nitrogens with zero attached hydrogens (tertiary/aromatic N) is 4. The zero-order chi connectivity index (χ0) is 19.0. The first kappa shape index (κ1) is 17.9. The van der Waals surface area contributed by atoms with Crippen molar-refractivity contribution < 1.29 is 9.84 Å². The molecule has 0 saturated carbocycles. The maximum absolute atomic E-state index is 10.0. The minimum atomic E-state index is 0.177. The Labute approximate surface area is 166 Å². The molecule has 1 unspecified atom stereocenters. The van der Waals surface area contributed by atoms with Gasteiger partial charge in [0.05, 0.1) is 6.61 Å². The average molecular weight is 380 g/mol. The van der Waals surface area contributed by atoms with Gasteiger partial charge in [-0.25, -0.2) is 9.97 Å². The van der Waals surface area contributed by atoms with E-state index in [-0.39, 0.29) is 12.0 Å². The van der Waals surface area contributed by atoms with Crippen molar-refractivity contribution in [3.05, 3.63) is 47.8 Å². The monoisotopic (exact) mass is 380 g/mol. The summed E-state index contributed by atoms with van der Waals surface area (Å²) in [6.45, 7) is 6.01. The average Bonchev–Trinajstić information content (AvgIpc) is 3.35. The van der Waals surface area contributed by atoms with Crippen LogP contribution in [0.4, 0.5) is 5.95 Å². The van der Waals surface area contributed by atoms with Gasteiger partial charge < -0.3 is 14.7 Å². The van der Waals surface area contributed by atoms with Crippen molar-refractivity contribution >= 4 is 5.95 Å². The van der Waals surface area contributed by atoms with Crippen LogP contribution in [0.25, 0.3) is 0 Å². The predicted molar refractivity (Wildman–Crippen MR) is 107 cm³/mol. The van der Waals surface area contributed by atoms with Gasteiger partial charge in [0, 0.05) is 51.0 Å². The molecule has 0 amide bonds. The maximum atomic E-state index is 10.0. The van der Waals surface area contributed by atoms with Gasteiger partial charge in [-0.1, -0.05) is 12.1 Å². The normalized spacial score (nSPS) is 23.8. The Hall–Kier alpha value is -2.18. The summed E-state index contributed by atoms with van der Waals surface area (Å²) in [6.07, 6.45) is 6.87. The Morgan fingerprint density at radius 2 is 2.00 bits per heavy atom. The van der Waals surface area contributed by atoms with E-state index in [9.17, 15) is 5.11 Å². The highest BCUT2D eigenvalue weighted by atomic mass is 16.5. The second-order valence-corrected chi connectivity index (χ2v) is 8.49. The quantitative estimate of drug-likeness (QED) is 0.877. The number of piperidine rings is 1. The van der Waals surface area contributed by atoms with Gasteiger partial charge in [-0.2, -0.15) is 0 Å². The van der Waals surface area contributed by atoms with Crippen LogP contribution in [0, 0.1) is 11.3 Å². The fourth-order valence-corrected chi connectivity index (χ4v) is 5.21. The number of rotatable bonds is 4. The summed E-state index contributed by atoms with van der Waals surface area (Å²) in [5.41, 5.74) is 2.90. The fraction of sp³-hybridized carbons (Fsp3) is 0.545. The van der Waals surface area contributed by atoms with E-state index in [1.807, 2.05) is 6.07 Å². The standard InChI is InChI=1S/C22H28N4O2/c27-15-19-14-26(21-23-7-1-8-24-21)16-22(19)5-9-25(10-6-22)13-17-2-3-20-18(12-17)4-11-28-20/h1-3,7-8,12,19,27H,4-6,9-11,13-16H2. The second-order valence-electron chi connectivity index (χ2n) is 8.49. The summed E-state index contributed by atoms with van der Waals surface area (Å²) < 4.78 is 5.63. The van der Waals surface area contributed by atoms with E-state index in [4.69, 9.17) is 4.74 Å². The molecular formula is C22H28N4O2. The van der Waals surface area contributed by atoms with E-state index in [0.29, 0.717) is 5.92 Å². The Morgan fingerprint density at radius 3 is 2.79 bits per heavy atom. The number of benzene rings is 1. The molecule has 5 rings (SSSR count). The van der Waals surface area contributed by atoms with Crippen molar-refractivity contribution in [2.45, 2.75) is 25.8 Å². The summed E-state index contributed by atoms with van der Waals surface area (Å²) in [5, 5.41) is 10.0. The summed E-state index contributed by atoms with van der Waals surface area (Å²) in [5.74, 6) is 2.15. The molecule has 148 valence electrons. The number of aliphatic hydroxyl groups excluding tert-OH is 1. The molecule has 1 N–H and O–H groups in total. The molecule has 1 spiro atoms. The third-order valence-corrected chi connectivity index (χ3v) is 6.88. The minimum absolute atomic E-state index is 0.177. The molecule has 1 atom stereocenters. The van der Waals surface area contributed by atoms with Gasteiger partial charge in [0.1, 0.15) is 5.75 Å². The number of fused-ring (bicyclic) bond motifs is 1.